The zero-order valence-corrected chi connectivity index (χ0v) is 34.0. The minimum Gasteiger partial charge on any atom is -0.405 e. The third-order valence-electron chi connectivity index (χ3n) is 11.3. The number of anilines is 3. The SMILES string of the molecule is N#Cc1cnc(NCc2ccccc2OC(F)(F)F)nc1NCC1CCC(NCCCCCCCCNC(=O)CNc2cccc3c2CN(C2CCC(=O)NC2=O)C3=O)CC1. The molecule has 2 fully saturated rings. The van der Waals surface area contributed by atoms with Crippen LogP contribution in [0.2, 0.25) is 0 Å². The molecular formula is C43H53F3N10O5. The number of hydrogen-bond acceptors (Lipinski definition) is 12. The highest BCUT2D eigenvalue weighted by Crippen LogP contribution is 2.33. The van der Waals surface area contributed by atoms with Crippen LogP contribution in [0.4, 0.5) is 30.6 Å². The molecule has 326 valence electrons. The van der Waals surface area contributed by atoms with Gasteiger partial charge in [0.25, 0.3) is 5.91 Å². The van der Waals surface area contributed by atoms with Crippen LogP contribution in [-0.2, 0) is 27.5 Å². The highest BCUT2D eigenvalue weighted by Gasteiger charge is 2.40. The van der Waals surface area contributed by atoms with Gasteiger partial charge in [-0.1, -0.05) is 49.9 Å². The Morgan fingerprint density at radius 2 is 1.67 bits per heavy atom. The summed E-state index contributed by atoms with van der Waals surface area (Å²) in [4.78, 5) is 59.6. The van der Waals surface area contributed by atoms with Crippen LogP contribution >= 0.6 is 0 Å². The van der Waals surface area contributed by atoms with E-state index in [0.717, 1.165) is 76.3 Å². The van der Waals surface area contributed by atoms with E-state index in [9.17, 15) is 37.6 Å². The van der Waals surface area contributed by atoms with Crippen molar-refractivity contribution in [3.8, 4) is 11.8 Å². The summed E-state index contributed by atoms with van der Waals surface area (Å²) in [5, 5.41) is 27.9. The van der Waals surface area contributed by atoms with E-state index < -0.39 is 18.3 Å². The lowest BCUT2D eigenvalue weighted by Gasteiger charge is -2.29. The molecule has 6 rings (SSSR count). The highest BCUT2D eigenvalue weighted by atomic mass is 19.4. The van der Waals surface area contributed by atoms with E-state index in [1.807, 2.05) is 6.07 Å². The Bertz CT molecular complexity index is 2050. The number of nitrogens with one attached hydrogen (secondary N) is 6. The molecular weight excluding hydrogens is 794 g/mol. The molecule has 18 heteroatoms. The molecule has 1 aromatic heterocycles. The van der Waals surface area contributed by atoms with E-state index in [2.05, 4.69) is 52.7 Å². The molecule has 1 unspecified atom stereocenters. The highest BCUT2D eigenvalue weighted by molar-refractivity contribution is 6.06. The van der Waals surface area contributed by atoms with E-state index >= 15 is 0 Å². The molecule has 61 heavy (non-hydrogen) atoms. The van der Waals surface area contributed by atoms with E-state index in [1.165, 1.54) is 29.3 Å². The fourth-order valence-corrected chi connectivity index (χ4v) is 8.02. The lowest BCUT2D eigenvalue weighted by atomic mass is 9.86. The Hall–Kier alpha value is -5.96. The van der Waals surface area contributed by atoms with Gasteiger partial charge in [-0.05, 0) is 75.6 Å². The number of rotatable bonds is 21. The summed E-state index contributed by atoms with van der Waals surface area (Å²) < 4.78 is 42.6. The van der Waals surface area contributed by atoms with Crippen molar-refractivity contribution in [3.63, 3.8) is 0 Å². The average Bonchev–Trinajstić information content (AvgIpc) is 3.58. The summed E-state index contributed by atoms with van der Waals surface area (Å²) in [6.45, 7) is 2.51. The minimum absolute atomic E-state index is 0.000588. The molecule has 3 aliphatic rings. The van der Waals surface area contributed by atoms with Crippen molar-refractivity contribution in [3.05, 3.63) is 70.9 Å². The zero-order chi connectivity index (χ0) is 43.2. The molecule has 3 aromatic rings. The van der Waals surface area contributed by atoms with Gasteiger partial charge in [-0.3, -0.25) is 24.5 Å². The second kappa shape index (κ2) is 21.5. The Balaban J connectivity index is 0.785. The number of para-hydroxylation sites is 1. The first kappa shape index (κ1) is 44.6. The molecule has 0 bridgehead atoms. The first-order valence-electron chi connectivity index (χ1n) is 21.1. The smallest absolute Gasteiger partial charge is 0.405 e. The maximum atomic E-state index is 13.0. The first-order chi connectivity index (χ1) is 29.5. The van der Waals surface area contributed by atoms with Gasteiger partial charge in [0, 0.05) is 61.0 Å². The predicted octanol–water partition coefficient (Wildman–Crippen LogP) is 5.75. The molecule has 2 aliphatic heterocycles. The van der Waals surface area contributed by atoms with E-state index in [1.54, 1.807) is 18.2 Å². The van der Waals surface area contributed by atoms with E-state index in [0.29, 0.717) is 48.5 Å². The number of aromatic nitrogens is 2. The quantitative estimate of drug-likeness (QED) is 0.0561. The Morgan fingerprint density at radius 1 is 0.918 bits per heavy atom. The van der Waals surface area contributed by atoms with Crippen LogP contribution in [0.5, 0.6) is 5.75 Å². The van der Waals surface area contributed by atoms with Crippen LogP contribution in [-0.4, -0.2) is 83.1 Å². The van der Waals surface area contributed by atoms with E-state index in [-0.39, 0.29) is 66.6 Å². The molecule has 1 saturated carbocycles. The molecule has 4 amide bonds. The van der Waals surface area contributed by atoms with Gasteiger partial charge in [-0.15, -0.1) is 13.2 Å². The van der Waals surface area contributed by atoms with Crippen LogP contribution in [0.3, 0.4) is 0 Å². The van der Waals surface area contributed by atoms with Crippen molar-refractivity contribution in [2.75, 3.05) is 42.1 Å². The van der Waals surface area contributed by atoms with Crippen LogP contribution in [0.1, 0.15) is 104 Å². The molecule has 0 spiro atoms. The molecule has 2 aromatic carbocycles. The number of benzene rings is 2. The van der Waals surface area contributed by atoms with Gasteiger partial charge in [0.15, 0.2) is 0 Å². The molecule has 1 atom stereocenters. The summed E-state index contributed by atoms with van der Waals surface area (Å²) in [6, 6.07) is 13.0. The van der Waals surface area contributed by atoms with Gasteiger partial charge >= 0.3 is 6.36 Å². The number of hydrogen-bond donors (Lipinski definition) is 6. The number of ether oxygens (including phenoxy) is 1. The standard InChI is InChI=1S/C43H53F3N10O5/c44-43(45,46)61-36-13-6-5-10-29(36)24-52-42-53-25-30(22-47)39(55-42)51-23-28-14-16-31(17-15-28)48-20-7-3-1-2-4-8-21-49-38(58)26-50-34-12-9-11-32-33(34)27-56(41(32)60)35-18-19-37(57)54-40(35)59/h5-6,9-13,25,28,31,35,48,50H,1-4,7-8,14-21,23-24,26-27H2,(H,49,58)(H,54,57,59)(H2,51,52,53,55). The molecule has 6 N–H and O–H groups in total. The third kappa shape index (κ3) is 13.0. The number of alkyl halides is 3. The second-order valence-corrected chi connectivity index (χ2v) is 15.7. The molecule has 0 radical (unpaired) electrons. The summed E-state index contributed by atoms with van der Waals surface area (Å²) >= 11 is 0. The lowest BCUT2D eigenvalue weighted by Crippen LogP contribution is -2.52. The van der Waals surface area contributed by atoms with Gasteiger partial charge in [-0.25, -0.2) is 4.98 Å². The number of imide groups is 1. The van der Waals surface area contributed by atoms with Gasteiger partial charge in [0.05, 0.1) is 12.7 Å². The fourth-order valence-electron chi connectivity index (χ4n) is 8.02. The topological polar surface area (TPSA) is 202 Å². The zero-order valence-electron chi connectivity index (χ0n) is 34.0. The minimum atomic E-state index is -4.81. The number of piperidine rings is 1. The largest absolute Gasteiger partial charge is 0.573 e. The van der Waals surface area contributed by atoms with Crippen molar-refractivity contribution >= 4 is 41.1 Å². The van der Waals surface area contributed by atoms with Gasteiger partial charge < -0.3 is 36.2 Å². The number of nitrogens with zero attached hydrogens (tertiary/aromatic N) is 4. The monoisotopic (exact) mass is 846 g/mol. The number of carbonyl (C=O) groups excluding carboxylic acids is 4. The van der Waals surface area contributed by atoms with Crippen LogP contribution < -0.4 is 36.6 Å². The maximum absolute atomic E-state index is 13.0. The predicted molar refractivity (Wildman–Crippen MR) is 221 cm³/mol. The van der Waals surface area contributed by atoms with Crippen molar-refractivity contribution < 1.29 is 37.1 Å². The molecule has 1 aliphatic carbocycles. The number of halogens is 3. The summed E-state index contributed by atoms with van der Waals surface area (Å²) in [5.74, 6) is -0.500. The number of fused-ring (bicyclic) bond motifs is 1. The average molecular weight is 847 g/mol. The molecule has 1 saturated heterocycles. The summed E-state index contributed by atoms with van der Waals surface area (Å²) in [6.07, 6.45) is 7.65. The molecule has 3 heterocycles. The van der Waals surface area contributed by atoms with Crippen molar-refractivity contribution in [2.45, 2.75) is 109 Å². The normalized spacial score (nSPS) is 18.8. The van der Waals surface area contributed by atoms with Gasteiger partial charge in [0.1, 0.15) is 29.2 Å². The molecule has 15 nitrogen and oxygen atoms in total. The summed E-state index contributed by atoms with van der Waals surface area (Å²) in [7, 11) is 0. The van der Waals surface area contributed by atoms with Gasteiger partial charge in [-0.2, -0.15) is 10.2 Å². The Kier molecular flexibility index (Phi) is 15.7. The number of unbranched alkanes of at least 4 members (excludes halogenated alkanes) is 5. The van der Waals surface area contributed by atoms with Crippen LogP contribution in [0.25, 0.3) is 0 Å². The van der Waals surface area contributed by atoms with Crippen LogP contribution in [0.15, 0.2) is 48.7 Å². The maximum Gasteiger partial charge on any atom is 0.573 e. The Labute approximate surface area is 353 Å². The van der Waals surface area contributed by atoms with Gasteiger partial charge in [0.2, 0.25) is 23.7 Å². The fraction of sp³-hybridized carbons (Fsp3) is 0.512. The number of amides is 4. The van der Waals surface area contributed by atoms with Crippen molar-refractivity contribution in [1.82, 2.24) is 30.8 Å². The lowest BCUT2D eigenvalue weighted by molar-refractivity contribution is -0.274. The summed E-state index contributed by atoms with van der Waals surface area (Å²) in [5.41, 5.74) is 2.49. The number of carbonyl (C=O) groups is 4. The second-order valence-electron chi connectivity index (χ2n) is 15.7. The first-order valence-corrected chi connectivity index (χ1v) is 21.1. The van der Waals surface area contributed by atoms with Crippen LogP contribution in [0, 0.1) is 17.2 Å². The third-order valence-corrected chi connectivity index (χ3v) is 11.3. The Morgan fingerprint density at radius 3 is 2.43 bits per heavy atom. The van der Waals surface area contributed by atoms with E-state index in [4.69, 9.17) is 0 Å². The number of nitriles is 1. The van der Waals surface area contributed by atoms with Crippen molar-refractivity contribution in [2.24, 2.45) is 5.92 Å². The van der Waals surface area contributed by atoms with Crippen molar-refractivity contribution in [1.29, 1.82) is 5.26 Å².